The zero-order chi connectivity index (χ0) is 10.5. The summed E-state index contributed by atoms with van der Waals surface area (Å²) in [6.07, 6.45) is 8.86. The zero-order valence-electron chi connectivity index (χ0n) is 8.47. The van der Waals surface area contributed by atoms with Crippen LogP contribution in [0.2, 0.25) is 0 Å². The molecule has 1 unspecified atom stereocenters. The Hall–Kier alpha value is -1.61. The number of aromatic nitrogens is 1. The van der Waals surface area contributed by atoms with Crippen molar-refractivity contribution in [2.24, 2.45) is 5.73 Å². The largest absolute Gasteiger partial charge is 0.472 e. The van der Waals surface area contributed by atoms with Crippen LogP contribution in [0.5, 0.6) is 0 Å². The molecule has 2 aromatic rings. The van der Waals surface area contributed by atoms with Crippen LogP contribution in [0.4, 0.5) is 0 Å². The number of furan rings is 1. The summed E-state index contributed by atoms with van der Waals surface area (Å²) in [7, 11) is 0. The Labute approximate surface area is 88.9 Å². The van der Waals surface area contributed by atoms with E-state index in [0.717, 1.165) is 18.4 Å². The highest BCUT2D eigenvalue weighted by Gasteiger charge is 2.06. The third-order valence-corrected chi connectivity index (χ3v) is 2.44. The van der Waals surface area contributed by atoms with E-state index in [-0.39, 0.29) is 6.04 Å². The minimum absolute atomic E-state index is 0.0453. The van der Waals surface area contributed by atoms with Gasteiger partial charge >= 0.3 is 0 Å². The molecular formula is C12H14N2O. The summed E-state index contributed by atoms with van der Waals surface area (Å²) in [5.41, 5.74) is 8.28. The standard InChI is InChI=1S/C12H14N2O/c13-12(11-5-7-15-9-11)4-3-10-2-1-6-14-8-10/h1-2,5-9,12H,3-4,13H2. The lowest BCUT2D eigenvalue weighted by Crippen LogP contribution is -2.10. The summed E-state index contributed by atoms with van der Waals surface area (Å²) >= 11 is 0. The Morgan fingerprint density at radius 3 is 3.00 bits per heavy atom. The fourth-order valence-corrected chi connectivity index (χ4v) is 1.52. The average Bonchev–Trinajstić information content (AvgIpc) is 2.81. The van der Waals surface area contributed by atoms with Gasteiger partial charge in [-0.3, -0.25) is 4.98 Å². The summed E-state index contributed by atoms with van der Waals surface area (Å²) in [5, 5.41) is 0. The van der Waals surface area contributed by atoms with Crippen LogP contribution in [-0.4, -0.2) is 4.98 Å². The van der Waals surface area contributed by atoms with Crippen LogP contribution in [0.25, 0.3) is 0 Å². The van der Waals surface area contributed by atoms with Crippen molar-refractivity contribution in [3.05, 3.63) is 54.2 Å². The molecule has 2 aromatic heterocycles. The molecule has 0 fully saturated rings. The molecule has 3 nitrogen and oxygen atoms in total. The maximum Gasteiger partial charge on any atom is 0.0950 e. The molecule has 0 aliphatic rings. The Bertz CT molecular complexity index is 383. The van der Waals surface area contributed by atoms with Crippen molar-refractivity contribution in [3.8, 4) is 0 Å². The Kier molecular flexibility index (Phi) is 3.15. The maximum absolute atomic E-state index is 6.01. The number of rotatable bonds is 4. The molecule has 0 bridgehead atoms. The van der Waals surface area contributed by atoms with Gasteiger partial charge in [0.1, 0.15) is 0 Å². The molecule has 0 saturated carbocycles. The highest BCUT2D eigenvalue weighted by atomic mass is 16.3. The van der Waals surface area contributed by atoms with Gasteiger partial charge in [0.2, 0.25) is 0 Å². The third kappa shape index (κ3) is 2.67. The number of hydrogen-bond donors (Lipinski definition) is 1. The minimum Gasteiger partial charge on any atom is -0.472 e. The van der Waals surface area contributed by atoms with Crippen molar-refractivity contribution in [2.45, 2.75) is 18.9 Å². The van der Waals surface area contributed by atoms with Crippen molar-refractivity contribution < 1.29 is 4.42 Å². The zero-order valence-corrected chi connectivity index (χ0v) is 8.47. The first-order valence-corrected chi connectivity index (χ1v) is 5.03. The highest BCUT2D eigenvalue weighted by Crippen LogP contribution is 2.16. The lowest BCUT2D eigenvalue weighted by Gasteiger charge is -2.08. The molecule has 0 aromatic carbocycles. The van der Waals surface area contributed by atoms with Gasteiger partial charge in [0.05, 0.1) is 12.5 Å². The third-order valence-electron chi connectivity index (χ3n) is 2.44. The second kappa shape index (κ2) is 4.75. The van der Waals surface area contributed by atoms with Crippen LogP contribution >= 0.6 is 0 Å². The predicted molar refractivity (Wildman–Crippen MR) is 58.2 cm³/mol. The minimum atomic E-state index is 0.0453. The molecule has 2 rings (SSSR count). The first-order valence-electron chi connectivity index (χ1n) is 5.03. The fourth-order valence-electron chi connectivity index (χ4n) is 1.52. The van der Waals surface area contributed by atoms with Crippen molar-refractivity contribution in [2.75, 3.05) is 0 Å². The van der Waals surface area contributed by atoms with E-state index in [1.807, 2.05) is 18.3 Å². The maximum atomic E-state index is 6.01. The van der Waals surface area contributed by atoms with E-state index in [2.05, 4.69) is 11.1 Å². The molecule has 3 heteroatoms. The topological polar surface area (TPSA) is 52.0 Å². The van der Waals surface area contributed by atoms with Gasteiger partial charge in [-0.15, -0.1) is 0 Å². The van der Waals surface area contributed by atoms with Crippen LogP contribution in [-0.2, 0) is 6.42 Å². The molecule has 0 saturated heterocycles. The van der Waals surface area contributed by atoms with E-state index < -0.39 is 0 Å². The van der Waals surface area contributed by atoms with Crippen LogP contribution in [0.15, 0.2) is 47.5 Å². The molecule has 0 spiro atoms. The second-order valence-electron chi connectivity index (χ2n) is 3.56. The molecule has 0 radical (unpaired) electrons. The number of aryl methyl sites for hydroxylation is 1. The van der Waals surface area contributed by atoms with Crippen molar-refractivity contribution >= 4 is 0 Å². The number of nitrogens with zero attached hydrogens (tertiary/aromatic N) is 1. The molecule has 1 atom stereocenters. The molecule has 2 N–H and O–H groups in total. The molecule has 15 heavy (non-hydrogen) atoms. The number of pyridine rings is 1. The summed E-state index contributed by atoms with van der Waals surface area (Å²) in [6, 6.07) is 5.96. The normalized spacial score (nSPS) is 12.6. The Balaban J connectivity index is 1.89. The first kappa shape index (κ1) is 9.93. The van der Waals surface area contributed by atoms with Gasteiger partial charge < -0.3 is 10.2 Å². The van der Waals surface area contributed by atoms with Crippen LogP contribution in [0, 0.1) is 0 Å². The van der Waals surface area contributed by atoms with Gasteiger partial charge in [0.25, 0.3) is 0 Å². The predicted octanol–water partition coefficient (Wildman–Crippen LogP) is 2.31. The first-order chi connectivity index (χ1) is 7.36. The average molecular weight is 202 g/mol. The summed E-state index contributed by atoms with van der Waals surface area (Å²) in [4.78, 5) is 4.07. The Morgan fingerprint density at radius 1 is 1.40 bits per heavy atom. The molecule has 2 heterocycles. The van der Waals surface area contributed by atoms with Gasteiger partial charge in [0, 0.05) is 24.0 Å². The van der Waals surface area contributed by atoms with Gasteiger partial charge in [0.15, 0.2) is 0 Å². The second-order valence-corrected chi connectivity index (χ2v) is 3.56. The van der Waals surface area contributed by atoms with Crippen molar-refractivity contribution in [3.63, 3.8) is 0 Å². The van der Waals surface area contributed by atoms with Gasteiger partial charge in [-0.2, -0.15) is 0 Å². The van der Waals surface area contributed by atoms with Crippen LogP contribution < -0.4 is 5.73 Å². The smallest absolute Gasteiger partial charge is 0.0950 e. The van der Waals surface area contributed by atoms with E-state index in [0.29, 0.717) is 0 Å². The van der Waals surface area contributed by atoms with E-state index in [4.69, 9.17) is 10.2 Å². The SMILES string of the molecule is NC(CCc1cccnc1)c1ccoc1. The monoisotopic (exact) mass is 202 g/mol. The quantitative estimate of drug-likeness (QED) is 0.827. The van der Waals surface area contributed by atoms with Gasteiger partial charge in [-0.1, -0.05) is 6.07 Å². The summed E-state index contributed by atoms with van der Waals surface area (Å²) < 4.78 is 5.00. The van der Waals surface area contributed by atoms with Crippen LogP contribution in [0.3, 0.4) is 0 Å². The summed E-state index contributed by atoms with van der Waals surface area (Å²) in [6.45, 7) is 0. The van der Waals surface area contributed by atoms with E-state index in [9.17, 15) is 0 Å². The molecule has 0 amide bonds. The summed E-state index contributed by atoms with van der Waals surface area (Å²) in [5.74, 6) is 0. The number of hydrogen-bond acceptors (Lipinski definition) is 3. The van der Waals surface area contributed by atoms with E-state index in [1.165, 1.54) is 5.56 Å². The van der Waals surface area contributed by atoms with Crippen LogP contribution in [0.1, 0.15) is 23.6 Å². The molecule has 78 valence electrons. The Morgan fingerprint density at radius 2 is 2.33 bits per heavy atom. The molecule has 0 aliphatic heterocycles. The number of nitrogens with two attached hydrogens (primary N) is 1. The molecule has 0 aliphatic carbocycles. The molecular weight excluding hydrogens is 188 g/mol. The lowest BCUT2D eigenvalue weighted by molar-refractivity contribution is 0.554. The van der Waals surface area contributed by atoms with Crippen molar-refractivity contribution in [1.29, 1.82) is 0 Å². The van der Waals surface area contributed by atoms with Gasteiger partial charge in [-0.25, -0.2) is 0 Å². The van der Waals surface area contributed by atoms with E-state index in [1.54, 1.807) is 18.7 Å². The fraction of sp³-hybridized carbons (Fsp3) is 0.250. The van der Waals surface area contributed by atoms with E-state index >= 15 is 0 Å². The van der Waals surface area contributed by atoms with Crippen molar-refractivity contribution in [1.82, 2.24) is 4.98 Å². The highest BCUT2D eigenvalue weighted by molar-refractivity contribution is 5.13. The van der Waals surface area contributed by atoms with Gasteiger partial charge in [-0.05, 0) is 30.5 Å². The lowest BCUT2D eigenvalue weighted by atomic mass is 10.0.